The first-order chi connectivity index (χ1) is 11.6. The molecule has 1 amide bonds. The molecule has 1 aliphatic rings. The fourth-order valence-electron chi connectivity index (χ4n) is 2.44. The van der Waals surface area contributed by atoms with Gasteiger partial charge in [0.05, 0.1) is 12.1 Å². The average molecular weight is 356 g/mol. The molecular weight excluding hydrogens is 330 g/mol. The number of carbonyl (C=O) groups is 1. The second-order valence-corrected chi connectivity index (χ2v) is 7.48. The predicted octanol–water partition coefficient (Wildman–Crippen LogP) is 2.51. The molecular formula is C18H26F2N2O3. The van der Waals surface area contributed by atoms with Crippen molar-refractivity contribution in [1.82, 2.24) is 10.6 Å². The molecule has 0 heterocycles. The first-order valence-corrected chi connectivity index (χ1v) is 8.48. The zero-order chi connectivity index (χ0) is 18.6. The number of hydrogen-bond donors (Lipinski definition) is 3. The molecule has 0 spiro atoms. The molecule has 1 aliphatic carbocycles. The number of aliphatic hydroxyl groups excluding tert-OH is 1. The van der Waals surface area contributed by atoms with Crippen LogP contribution in [-0.4, -0.2) is 41.5 Å². The van der Waals surface area contributed by atoms with Crippen LogP contribution in [0.4, 0.5) is 13.6 Å². The minimum atomic E-state index is -0.917. The number of benzene rings is 1. The Balaban J connectivity index is 2.05. The zero-order valence-corrected chi connectivity index (χ0v) is 14.8. The number of hydrogen-bond acceptors (Lipinski definition) is 4. The topological polar surface area (TPSA) is 70.6 Å². The molecule has 5 nitrogen and oxygen atoms in total. The van der Waals surface area contributed by atoms with Crippen molar-refractivity contribution in [1.29, 1.82) is 0 Å². The summed E-state index contributed by atoms with van der Waals surface area (Å²) in [5, 5.41) is 16.2. The highest BCUT2D eigenvalue weighted by molar-refractivity contribution is 5.68. The van der Waals surface area contributed by atoms with E-state index in [-0.39, 0.29) is 13.0 Å². The minimum Gasteiger partial charge on any atom is -0.444 e. The summed E-state index contributed by atoms with van der Waals surface area (Å²) in [5.74, 6) is -1.40. The van der Waals surface area contributed by atoms with Gasteiger partial charge in [-0.05, 0) is 57.7 Å². The number of alkyl carbamates (subject to hydrolysis) is 1. The van der Waals surface area contributed by atoms with Crippen LogP contribution >= 0.6 is 0 Å². The highest BCUT2D eigenvalue weighted by Crippen LogP contribution is 2.19. The second-order valence-electron chi connectivity index (χ2n) is 7.48. The summed E-state index contributed by atoms with van der Waals surface area (Å²) in [6.45, 7) is 5.47. The van der Waals surface area contributed by atoms with Gasteiger partial charge >= 0.3 is 6.09 Å². The Hall–Kier alpha value is -1.73. The van der Waals surface area contributed by atoms with Gasteiger partial charge in [0.25, 0.3) is 0 Å². The molecule has 1 saturated carbocycles. The van der Waals surface area contributed by atoms with Crippen LogP contribution in [0, 0.1) is 11.6 Å². The summed E-state index contributed by atoms with van der Waals surface area (Å²) in [6.07, 6.45) is 0.610. The Bertz CT molecular complexity index is 580. The number of rotatable bonds is 7. The van der Waals surface area contributed by atoms with Crippen molar-refractivity contribution in [2.75, 3.05) is 6.54 Å². The summed E-state index contributed by atoms with van der Waals surface area (Å²) in [6, 6.07) is 2.82. The van der Waals surface area contributed by atoms with Crippen molar-refractivity contribution in [3.05, 3.63) is 35.4 Å². The largest absolute Gasteiger partial charge is 0.444 e. The Morgan fingerprint density at radius 1 is 1.28 bits per heavy atom. The Morgan fingerprint density at radius 3 is 2.40 bits per heavy atom. The predicted molar refractivity (Wildman–Crippen MR) is 90.3 cm³/mol. The summed E-state index contributed by atoms with van der Waals surface area (Å²) in [5.41, 5.74) is -0.333. The fraction of sp³-hybridized carbons (Fsp3) is 0.611. The van der Waals surface area contributed by atoms with Crippen molar-refractivity contribution < 1.29 is 23.4 Å². The molecule has 1 fully saturated rings. The highest BCUT2D eigenvalue weighted by atomic mass is 19.1. The number of aliphatic hydroxyl groups is 1. The van der Waals surface area contributed by atoms with E-state index in [1.807, 2.05) is 0 Å². The zero-order valence-electron chi connectivity index (χ0n) is 14.8. The normalized spacial score (nSPS) is 17.0. The molecule has 2 atom stereocenters. The van der Waals surface area contributed by atoms with Gasteiger partial charge < -0.3 is 20.5 Å². The van der Waals surface area contributed by atoms with Gasteiger partial charge in [-0.2, -0.15) is 0 Å². The van der Waals surface area contributed by atoms with E-state index in [4.69, 9.17) is 4.74 Å². The molecule has 140 valence electrons. The molecule has 1 aromatic rings. The van der Waals surface area contributed by atoms with Gasteiger partial charge in [-0.3, -0.25) is 0 Å². The Morgan fingerprint density at radius 2 is 1.88 bits per heavy atom. The van der Waals surface area contributed by atoms with Crippen molar-refractivity contribution in [3.63, 3.8) is 0 Å². The summed E-state index contributed by atoms with van der Waals surface area (Å²) >= 11 is 0. The summed E-state index contributed by atoms with van der Waals surface area (Å²) in [7, 11) is 0. The van der Waals surface area contributed by atoms with E-state index in [2.05, 4.69) is 10.6 Å². The number of carbonyl (C=O) groups excluding carboxylic acids is 1. The lowest BCUT2D eigenvalue weighted by Crippen LogP contribution is -2.50. The molecule has 0 saturated heterocycles. The van der Waals surface area contributed by atoms with Crippen molar-refractivity contribution in [2.24, 2.45) is 0 Å². The quantitative estimate of drug-likeness (QED) is 0.702. The summed E-state index contributed by atoms with van der Waals surface area (Å²) in [4.78, 5) is 12.0. The molecule has 0 unspecified atom stereocenters. The van der Waals surface area contributed by atoms with Crippen LogP contribution in [0.2, 0.25) is 0 Å². The fourth-order valence-corrected chi connectivity index (χ4v) is 2.44. The molecule has 1 aromatic carbocycles. The van der Waals surface area contributed by atoms with Crippen molar-refractivity contribution in [2.45, 2.75) is 63.8 Å². The van der Waals surface area contributed by atoms with Gasteiger partial charge in [-0.15, -0.1) is 0 Å². The van der Waals surface area contributed by atoms with Crippen LogP contribution in [-0.2, 0) is 11.2 Å². The highest BCUT2D eigenvalue weighted by Gasteiger charge is 2.27. The maximum atomic E-state index is 13.4. The lowest BCUT2D eigenvalue weighted by atomic mass is 10.0. The van der Waals surface area contributed by atoms with Crippen LogP contribution in [0.5, 0.6) is 0 Å². The Labute approximate surface area is 146 Å². The van der Waals surface area contributed by atoms with E-state index in [1.54, 1.807) is 20.8 Å². The number of amides is 1. The number of ether oxygens (including phenoxy) is 1. The van der Waals surface area contributed by atoms with E-state index >= 15 is 0 Å². The van der Waals surface area contributed by atoms with E-state index < -0.39 is 35.5 Å². The summed E-state index contributed by atoms with van der Waals surface area (Å²) < 4.78 is 32.0. The van der Waals surface area contributed by atoms with Crippen LogP contribution in [0.3, 0.4) is 0 Å². The van der Waals surface area contributed by atoms with E-state index in [9.17, 15) is 18.7 Å². The van der Waals surface area contributed by atoms with Gasteiger partial charge in [0, 0.05) is 18.7 Å². The average Bonchev–Trinajstić information content (AvgIpc) is 3.25. The molecule has 0 aliphatic heterocycles. The van der Waals surface area contributed by atoms with Crippen molar-refractivity contribution in [3.8, 4) is 0 Å². The van der Waals surface area contributed by atoms with E-state index in [0.29, 0.717) is 11.6 Å². The van der Waals surface area contributed by atoms with Crippen LogP contribution < -0.4 is 10.6 Å². The third kappa shape index (κ3) is 7.36. The Kier molecular flexibility index (Phi) is 6.35. The molecule has 2 rings (SSSR count). The van der Waals surface area contributed by atoms with Gasteiger partial charge in [0.15, 0.2) is 0 Å². The molecule has 0 aromatic heterocycles. The lowest BCUT2D eigenvalue weighted by molar-refractivity contribution is 0.0422. The second kappa shape index (κ2) is 8.10. The molecule has 25 heavy (non-hydrogen) atoms. The molecule has 3 N–H and O–H groups in total. The third-order valence-corrected chi connectivity index (χ3v) is 3.74. The third-order valence-electron chi connectivity index (χ3n) is 3.74. The maximum Gasteiger partial charge on any atom is 0.407 e. The minimum absolute atomic E-state index is 0.0848. The van der Waals surface area contributed by atoms with Gasteiger partial charge in [-0.1, -0.05) is 0 Å². The number of halogens is 2. The van der Waals surface area contributed by atoms with Gasteiger partial charge in [0.2, 0.25) is 0 Å². The monoisotopic (exact) mass is 356 g/mol. The van der Waals surface area contributed by atoms with E-state index in [1.165, 1.54) is 12.1 Å². The number of nitrogens with one attached hydrogen (secondary N) is 2. The van der Waals surface area contributed by atoms with Crippen LogP contribution in [0.15, 0.2) is 18.2 Å². The van der Waals surface area contributed by atoms with Crippen LogP contribution in [0.25, 0.3) is 0 Å². The molecule has 7 heteroatoms. The van der Waals surface area contributed by atoms with Crippen LogP contribution in [0.1, 0.15) is 39.2 Å². The smallest absolute Gasteiger partial charge is 0.407 e. The first-order valence-electron chi connectivity index (χ1n) is 8.48. The SMILES string of the molecule is CC(C)(C)OC(=O)N[C@@H](Cc1cc(F)cc(F)c1)[C@H](O)CNC1CC1. The first kappa shape index (κ1) is 19.6. The van der Waals surface area contributed by atoms with Gasteiger partial charge in [0.1, 0.15) is 17.2 Å². The van der Waals surface area contributed by atoms with E-state index in [0.717, 1.165) is 18.9 Å². The molecule has 0 bridgehead atoms. The standard InChI is InChI=1S/C18H26F2N2O3/c1-18(2,3)25-17(24)22-15(16(23)10-21-14-4-5-14)8-11-6-12(19)9-13(20)7-11/h6-7,9,14-16,21,23H,4-5,8,10H2,1-3H3,(H,22,24)/t15-,16+/m0/s1. The lowest BCUT2D eigenvalue weighted by Gasteiger charge is -2.27. The van der Waals surface area contributed by atoms with Gasteiger partial charge in [-0.25, -0.2) is 13.6 Å². The molecule has 0 radical (unpaired) electrons. The van der Waals surface area contributed by atoms with Crippen molar-refractivity contribution >= 4 is 6.09 Å². The maximum absolute atomic E-state index is 13.4.